The van der Waals surface area contributed by atoms with Crippen molar-refractivity contribution in [1.29, 1.82) is 0 Å². The molecule has 2 aromatic carbocycles. The topological polar surface area (TPSA) is 73.6 Å². The molecule has 1 fully saturated rings. The number of nitrogens with two attached hydrogens (primary N) is 1. The normalized spacial score (nSPS) is 14.9. The molecule has 0 atom stereocenters. The van der Waals surface area contributed by atoms with Gasteiger partial charge in [-0.25, -0.2) is 9.18 Å². The molecule has 0 aliphatic carbocycles. The molecule has 132 valence electrons. The molecule has 5 nitrogen and oxygen atoms in total. The number of carbonyl (C=O) groups is 1. The minimum atomic E-state index is -0.533. The summed E-state index contributed by atoms with van der Waals surface area (Å²) in [4.78, 5) is 12.0. The number of anilines is 2. The molecule has 0 radical (unpaired) electrons. The van der Waals surface area contributed by atoms with Crippen molar-refractivity contribution < 1.29 is 18.7 Å². The van der Waals surface area contributed by atoms with Gasteiger partial charge >= 0.3 is 6.09 Å². The van der Waals surface area contributed by atoms with Crippen molar-refractivity contribution in [2.45, 2.75) is 12.8 Å². The van der Waals surface area contributed by atoms with Crippen LogP contribution >= 0.6 is 0 Å². The summed E-state index contributed by atoms with van der Waals surface area (Å²) in [6.45, 7) is 1.79. The van der Waals surface area contributed by atoms with Crippen molar-refractivity contribution in [1.82, 2.24) is 0 Å². The summed E-state index contributed by atoms with van der Waals surface area (Å²) in [6, 6.07) is 11.4. The molecule has 1 aliphatic heterocycles. The number of hydrogen-bond donors (Lipinski definition) is 2. The zero-order valence-corrected chi connectivity index (χ0v) is 13.8. The SMILES string of the molecule is Nc1ccc(-c2ccc(F)cc2)cc1NC(=O)OCC1CCOCC1. The number of rotatable bonds is 4. The highest BCUT2D eigenvalue weighted by molar-refractivity contribution is 5.90. The Morgan fingerprint density at radius 3 is 2.56 bits per heavy atom. The highest BCUT2D eigenvalue weighted by Crippen LogP contribution is 2.27. The van der Waals surface area contributed by atoms with Crippen LogP contribution < -0.4 is 11.1 Å². The lowest BCUT2D eigenvalue weighted by Gasteiger charge is -2.21. The first kappa shape index (κ1) is 17.2. The van der Waals surface area contributed by atoms with Crippen LogP contribution in [0.4, 0.5) is 20.6 Å². The van der Waals surface area contributed by atoms with Crippen molar-refractivity contribution >= 4 is 17.5 Å². The van der Waals surface area contributed by atoms with Crippen LogP contribution in [0.5, 0.6) is 0 Å². The molecule has 0 spiro atoms. The van der Waals surface area contributed by atoms with E-state index in [0.29, 0.717) is 37.1 Å². The predicted octanol–water partition coefficient (Wildman–Crippen LogP) is 4.05. The van der Waals surface area contributed by atoms with Gasteiger partial charge in [-0.1, -0.05) is 18.2 Å². The molecule has 3 N–H and O–H groups in total. The Morgan fingerprint density at radius 2 is 1.84 bits per heavy atom. The van der Waals surface area contributed by atoms with E-state index in [0.717, 1.165) is 24.0 Å². The van der Waals surface area contributed by atoms with Gasteiger partial charge in [0.1, 0.15) is 5.82 Å². The Bertz CT molecular complexity index is 728. The van der Waals surface area contributed by atoms with Gasteiger partial charge in [-0.05, 0) is 54.2 Å². The summed E-state index contributed by atoms with van der Waals surface area (Å²) >= 11 is 0. The number of benzene rings is 2. The lowest BCUT2D eigenvalue weighted by Crippen LogP contribution is -2.24. The number of halogens is 1. The fourth-order valence-electron chi connectivity index (χ4n) is 2.74. The lowest BCUT2D eigenvalue weighted by atomic mass is 10.0. The molecular weight excluding hydrogens is 323 g/mol. The van der Waals surface area contributed by atoms with Crippen LogP contribution in [0.2, 0.25) is 0 Å². The maximum Gasteiger partial charge on any atom is 0.411 e. The van der Waals surface area contributed by atoms with Gasteiger partial charge in [-0.3, -0.25) is 5.32 Å². The van der Waals surface area contributed by atoms with Gasteiger partial charge in [-0.2, -0.15) is 0 Å². The second-order valence-electron chi connectivity index (χ2n) is 6.09. The fraction of sp³-hybridized carbons (Fsp3) is 0.316. The summed E-state index contributed by atoms with van der Waals surface area (Å²) in [5, 5.41) is 2.68. The number of hydrogen-bond acceptors (Lipinski definition) is 4. The molecule has 1 saturated heterocycles. The summed E-state index contributed by atoms with van der Waals surface area (Å²) in [5.74, 6) is 0.0385. The van der Waals surface area contributed by atoms with E-state index in [4.69, 9.17) is 15.2 Å². The smallest absolute Gasteiger partial charge is 0.411 e. The van der Waals surface area contributed by atoms with E-state index in [9.17, 15) is 9.18 Å². The third-order valence-electron chi connectivity index (χ3n) is 4.26. The molecule has 25 heavy (non-hydrogen) atoms. The van der Waals surface area contributed by atoms with E-state index in [1.165, 1.54) is 12.1 Å². The molecule has 0 bridgehead atoms. The van der Waals surface area contributed by atoms with Crippen LogP contribution in [-0.4, -0.2) is 25.9 Å². The minimum absolute atomic E-state index is 0.297. The summed E-state index contributed by atoms with van der Waals surface area (Å²) in [5.41, 5.74) is 8.50. The van der Waals surface area contributed by atoms with Gasteiger partial charge in [0.15, 0.2) is 0 Å². The van der Waals surface area contributed by atoms with Crippen molar-refractivity contribution in [2.24, 2.45) is 5.92 Å². The molecule has 3 rings (SSSR count). The number of nitrogen functional groups attached to an aromatic ring is 1. The predicted molar refractivity (Wildman–Crippen MR) is 94.8 cm³/mol. The number of ether oxygens (including phenoxy) is 2. The van der Waals surface area contributed by atoms with Crippen LogP contribution in [0.25, 0.3) is 11.1 Å². The summed E-state index contributed by atoms with van der Waals surface area (Å²) in [6.07, 6.45) is 1.26. The lowest BCUT2D eigenvalue weighted by molar-refractivity contribution is 0.0405. The first-order valence-electron chi connectivity index (χ1n) is 8.29. The van der Waals surface area contributed by atoms with Gasteiger partial charge in [0.05, 0.1) is 18.0 Å². The van der Waals surface area contributed by atoms with Gasteiger partial charge in [-0.15, -0.1) is 0 Å². The van der Waals surface area contributed by atoms with E-state index in [1.807, 2.05) is 6.07 Å². The van der Waals surface area contributed by atoms with Crippen LogP contribution in [0.1, 0.15) is 12.8 Å². The molecular formula is C19H21FN2O3. The van der Waals surface area contributed by atoms with E-state index in [2.05, 4.69) is 5.32 Å². The first-order valence-corrected chi connectivity index (χ1v) is 8.29. The van der Waals surface area contributed by atoms with E-state index < -0.39 is 6.09 Å². The Kier molecular flexibility index (Phi) is 5.50. The van der Waals surface area contributed by atoms with Gasteiger partial charge < -0.3 is 15.2 Å². The van der Waals surface area contributed by atoms with Crippen LogP contribution in [0.3, 0.4) is 0 Å². The molecule has 1 aliphatic rings. The van der Waals surface area contributed by atoms with Crippen LogP contribution in [0.15, 0.2) is 42.5 Å². The standard InChI is InChI=1S/C19H21FN2O3/c20-16-4-1-14(2-5-16)15-3-6-17(21)18(11-15)22-19(23)25-12-13-7-9-24-10-8-13/h1-6,11,13H,7-10,12,21H2,(H,22,23). The minimum Gasteiger partial charge on any atom is -0.449 e. The van der Waals surface area contributed by atoms with E-state index in [1.54, 1.807) is 24.3 Å². The molecule has 0 aromatic heterocycles. The molecule has 0 unspecified atom stereocenters. The number of amides is 1. The Hall–Kier alpha value is -2.60. The fourth-order valence-corrected chi connectivity index (χ4v) is 2.74. The molecule has 6 heteroatoms. The first-order chi connectivity index (χ1) is 12.1. The Morgan fingerprint density at radius 1 is 1.16 bits per heavy atom. The zero-order valence-electron chi connectivity index (χ0n) is 13.8. The highest BCUT2D eigenvalue weighted by Gasteiger charge is 2.16. The second-order valence-corrected chi connectivity index (χ2v) is 6.09. The maximum atomic E-state index is 13.1. The highest BCUT2D eigenvalue weighted by atomic mass is 19.1. The molecule has 0 saturated carbocycles. The Labute approximate surface area is 145 Å². The van der Waals surface area contributed by atoms with Gasteiger partial charge in [0, 0.05) is 13.2 Å². The monoisotopic (exact) mass is 344 g/mol. The summed E-state index contributed by atoms with van der Waals surface area (Å²) in [7, 11) is 0. The maximum absolute atomic E-state index is 13.1. The third-order valence-corrected chi connectivity index (χ3v) is 4.26. The molecule has 1 heterocycles. The zero-order chi connectivity index (χ0) is 17.6. The largest absolute Gasteiger partial charge is 0.449 e. The van der Waals surface area contributed by atoms with Crippen molar-refractivity contribution in [2.75, 3.05) is 30.9 Å². The average molecular weight is 344 g/mol. The number of carbonyl (C=O) groups excluding carboxylic acids is 1. The van der Waals surface area contributed by atoms with Crippen molar-refractivity contribution in [3.8, 4) is 11.1 Å². The van der Waals surface area contributed by atoms with Crippen molar-refractivity contribution in [3.05, 3.63) is 48.3 Å². The Balaban J connectivity index is 1.63. The van der Waals surface area contributed by atoms with E-state index >= 15 is 0 Å². The van der Waals surface area contributed by atoms with Gasteiger partial charge in [0.2, 0.25) is 0 Å². The van der Waals surface area contributed by atoms with Crippen molar-refractivity contribution in [3.63, 3.8) is 0 Å². The molecule has 2 aromatic rings. The second kappa shape index (κ2) is 7.98. The summed E-state index contributed by atoms with van der Waals surface area (Å²) < 4.78 is 23.6. The van der Waals surface area contributed by atoms with E-state index in [-0.39, 0.29) is 5.82 Å². The van der Waals surface area contributed by atoms with Crippen LogP contribution in [-0.2, 0) is 9.47 Å². The molecule has 1 amide bonds. The van der Waals surface area contributed by atoms with Crippen LogP contribution in [0, 0.1) is 11.7 Å². The average Bonchev–Trinajstić information content (AvgIpc) is 2.63. The third kappa shape index (κ3) is 4.70. The number of nitrogens with one attached hydrogen (secondary N) is 1. The quantitative estimate of drug-likeness (QED) is 0.821. The van der Waals surface area contributed by atoms with Gasteiger partial charge in [0.25, 0.3) is 0 Å².